The van der Waals surface area contributed by atoms with Gasteiger partial charge in [0.25, 0.3) is 5.91 Å². The van der Waals surface area contributed by atoms with Crippen molar-refractivity contribution in [2.75, 3.05) is 7.05 Å². The second-order valence-corrected chi connectivity index (χ2v) is 5.15. The zero-order valence-electron chi connectivity index (χ0n) is 10.6. The Kier molecular flexibility index (Phi) is 4.39. The largest absolute Gasteiger partial charge is 0.393 e. The van der Waals surface area contributed by atoms with Crippen LogP contribution in [0.3, 0.4) is 0 Å². The molecule has 0 aromatic heterocycles. The molecule has 0 radical (unpaired) electrons. The molecule has 100 valence electrons. The molecule has 3 amide bonds. The molecule has 2 unspecified atom stereocenters. The number of hydrogen-bond donors (Lipinski definition) is 2. The minimum Gasteiger partial charge on any atom is -0.393 e. The smallest absolute Gasteiger partial charge is 0.252 e. The quantitative estimate of drug-likeness (QED) is 0.527. The SMILES string of the molecule is CC(C)C(C(=O)NC1CC(=O)N(C)C1=O)C(N)=S. The van der Waals surface area contributed by atoms with Gasteiger partial charge in [-0.05, 0) is 5.92 Å². The summed E-state index contributed by atoms with van der Waals surface area (Å²) in [5, 5.41) is 2.53. The number of imide groups is 1. The van der Waals surface area contributed by atoms with Gasteiger partial charge in [-0.2, -0.15) is 0 Å². The monoisotopic (exact) mass is 271 g/mol. The number of nitrogens with zero attached hydrogens (tertiary/aromatic N) is 1. The van der Waals surface area contributed by atoms with Gasteiger partial charge in [-0.15, -0.1) is 0 Å². The third kappa shape index (κ3) is 2.84. The lowest BCUT2D eigenvalue weighted by molar-refractivity contribution is -0.138. The van der Waals surface area contributed by atoms with Crippen molar-refractivity contribution in [3.63, 3.8) is 0 Å². The highest BCUT2D eigenvalue weighted by Gasteiger charge is 2.38. The van der Waals surface area contributed by atoms with Gasteiger partial charge in [-0.1, -0.05) is 26.1 Å². The lowest BCUT2D eigenvalue weighted by Crippen LogP contribution is -2.47. The Bertz CT molecular complexity index is 408. The molecule has 0 saturated carbocycles. The van der Waals surface area contributed by atoms with Gasteiger partial charge in [0.15, 0.2) is 0 Å². The summed E-state index contributed by atoms with van der Waals surface area (Å²) in [7, 11) is 1.39. The van der Waals surface area contributed by atoms with Gasteiger partial charge >= 0.3 is 0 Å². The number of likely N-dealkylation sites (tertiary alicyclic amines) is 1. The fraction of sp³-hybridized carbons (Fsp3) is 0.636. The molecule has 7 heteroatoms. The average Bonchev–Trinajstić information content (AvgIpc) is 2.45. The van der Waals surface area contributed by atoms with Gasteiger partial charge in [-0.3, -0.25) is 19.3 Å². The Hall–Kier alpha value is -1.50. The van der Waals surface area contributed by atoms with Gasteiger partial charge in [-0.25, -0.2) is 0 Å². The summed E-state index contributed by atoms with van der Waals surface area (Å²) < 4.78 is 0. The average molecular weight is 271 g/mol. The van der Waals surface area contributed by atoms with Crippen molar-refractivity contribution in [3.05, 3.63) is 0 Å². The minimum atomic E-state index is -0.800. The summed E-state index contributed by atoms with van der Waals surface area (Å²) in [6, 6.07) is -0.800. The molecular weight excluding hydrogens is 254 g/mol. The first-order valence-corrected chi connectivity index (χ1v) is 6.06. The molecule has 1 heterocycles. The van der Waals surface area contributed by atoms with Crippen LogP contribution in [-0.4, -0.2) is 40.7 Å². The molecule has 1 aliphatic heterocycles. The highest BCUT2D eigenvalue weighted by molar-refractivity contribution is 7.80. The first-order valence-electron chi connectivity index (χ1n) is 5.65. The highest BCUT2D eigenvalue weighted by Crippen LogP contribution is 2.15. The maximum absolute atomic E-state index is 12.0. The van der Waals surface area contributed by atoms with Crippen LogP contribution >= 0.6 is 12.2 Å². The Balaban J connectivity index is 2.73. The predicted molar refractivity (Wildman–Crippen MR) is 69.4 cm³/mol. The number of likely N-dealkylation sites (N-methyl/N-ethyl adjacent to an activating group) is 1. The summed E-state index contributed by atoms with van der Waals surface area (Å²) in [6.45, 7) is 3.63. The van der Waals surface area contributed by atoms with E-state index in [1.807, 2.05) is 13.8 Å². The van der Waals surface area contributed by atoms with Crippen LogP contribution < -0.4 is 11.1 Å². The molecule has 0 aromatic carbocycles. The standard InChI is InChI=1S/C11H17N3O3S/c1-5(2)8(9(12)18)10(16)13-6-4-7(15)14(3)11(6)17/h5-6,8H,4H2,1-3H3,(H2,12,18)(H,13,16). The van der Waals surface area contributed by atoms with Gasteiger partial charge in [0.1, 0.15) is 6.04 Å². The highest BCUT2D eigenvalue weighted by atomic mass is 32.1. The van der Waals surface area contributed by atoms with E-state index < -0.39 is 23.8 Å². The molecule has 1 rings (SSSR count). The Morgan fingerprint density at radius 2 is 2.06 bits per heavy atom. The Morgan fingerprint density at radius 3 is 2.39 bits per heavy atom. The molecule has 3 N–H and O–H groups in total. The second kappa shape index (κ2) is 5.43. The van der Waals surface area contributed by atoms with Crippen molar-refractivity contribution in [3.8, 4) is 0 Å². The van der Waals surface area contributed by atoms with Crippen LogP contribution in [0, 0.1) is 11.8 Å². The van der Waals surface area contributed by atoms with E-state index in [2.05, 4.69) is 5.32 Å². The van der Waals surface area contributed by atoms with Crippen molar-refractivity contribution >= 4 is 34.9 Å². The predicted octanol–water partition coefficient (Wildman–Crippen LogP) is -0.582. The van der Waals surface area contributed by atoms with E-state index in [0.29, 0.717) is 0 Å². The summed E-state index contributed by atoms with van der Waals surface area (Å²) in [6.07, 6.45) is -0.0107. The van der Waals surface area contributed by atoms with Crippen LogP contribution in [0.4, 0.5) is 0 Å². The number of hydrogen-bond acceptors (Lipinski definition) is 4. The van der Waals surface area contributed by atoms with E-state index in [-0.39, 0.29) is 23.2 Å². The van der Waals surface area contributed by atoms with Gasteiger partial charge in [0.2, 0.25) is 11.8 Å². The normalized spacial score (nSPS) is 21.3. The zero-order chi connectivity index (χ0) is 14.0. The lowest BCUT2D eigenvalue weighted by atomic mass is 9.94. The van der Waals surface area contributed by atoms with Crippen molar-refractivity contribution in [2.45, 2.75) is 26.3 Å². The molecule has 0 aromatic rings. The van der Waals surface area contributed by atoms with Crippen molar-refractivity contribution in [1.82, 2.24) is 10.2 Å². The molecule has 2 atom stereocenters. The number of carbonyl (C=O) groups is 3. The van der Waals surface area contributed by atoms with Crippen molar-refractivity contribution in [1.29, 1.82) is 0 Å². The number of nitrogens with two attached hydrogens (primary N) is 1. The van der Waals surface area contributed by atoms with Gasteiger partial charge in [0, 0.05) is 7.05 Å². The lowest BCUT2D eigenvalue weighted by Gasteiger charge is -2.20. The molecule has 6 nitrogen and oxygen atoms in total. The number of rotatable bonds is 4. The molecule has 18 heavy (non-hydrogen) atoms. The van der Waals surface area contributed by atoms with Crippen LogP contribution in [0.2, 0.25) is 0 Å². The molecule has 1 fully saturated rings. The second-order valence-electron chi connectivity index (χ2n) is 4.68. The topological polar surface area (TPSA) is 92.5 Å². The third-order valence-corrected chi connectivity index (χ3v) is 3.21. The maximum atomic E-state index is 12.0. The van der Waals surface area contributed by atoms with Crippen LogP contribution in [0.25, 0.3) is 0 Å². The molecule has 0 spiro atoms. The first-order chi connectivity index (χ1) is 8.25. The Labute approximate surface area is 111 Å². The van der Waals surface area contributed by atoms with Gasteiger partial charge in [0.05, 0.1) is 17.3 Å². The fourth-order valence-electron chi connectivity index (χ4n) is 1.89. The van der Waals surface area contributed by atoms with E-state index in [1.54, 1.807) is 0 Å². The Morgan fingerprint density at radius 1 is 1.50 bits per heavy atom. The summed E-state index contributed by atoms with van der Waals surface area (Å²) in [4.78, 5) is 36.0. The molecule has 1 aliphatic rings. The number of nitrogens with one attached hydrogen (secondary N) is 1. The third-order valence-electron chi connectivity index (χ3n) is 2.95. The molecule has 0 aliphatic carbocycles. The first kappa shape index (κ1) is 14.6. The zero-order valence-corrected chi connectivity index (χ0v) is 11.4. The number of carbonyl (C=O) groups excluding carboxylic acids is 3. The fourth-order valence-corrected chi connectivity index (χ4v) is 2.27. The van der Waals surface area contributed by atoms with Crippen molar-refractivity contribution < 1.29 is 14.4 Å². The summed E-state index contributed by atoms with van der Waals surface area (Å²) in [5.74, 6) is -1.80. The van der Waals surface area contributed by atoms with Crippen molar-refractivity contribution in [2.24, 2.45) is 17.6 Å². The van der Waals surface area contributed by atoms with E-state index >= 15 is 0 Å². The van der Waals surface area contributed by atoms with Crippen LogP contribution in [0.1, 0.15) is 20.3 Å². The minimum absolute atomic E-state index is 0.0107. The summed E-state index contributed by atoms with van der Waals surface area (Å²) in [5.41, 5.74) is 5.51. The molecule has 1 saturated heterocycles. The van der Waals surface area contributed by atoms with E-state index in [9.17, 15) is 14.4 Å². The number of amides is 3. The van der Waals surface area contributed by atoms with Crippen LogP contribution in [0.15, 0.2) is 0 Å². The van der Waals surface area contributed by atoms with E-state index in [4.69, 9.17) is 18.0 Å². The van der Waals surface area contributed by atoms with E-state index in [1.165, 1.54) is 7.05 Å². The van der Waals surface area contributed by atoms with E-state index in [0.717, 1.165) is 4.90 Å². The number of thiocarbonyl (C=S) groups is 1. The molecule has 0 bridgehead atoms. The maximum Gasteiger partial charge on any atom is 0.252 e. The summed E-state index contributed by atoms with van der Waals surface area (Å²) >= 11 is 4.84. The molecular formula is C11H17N3O3S. The van der Waals surface area contributed by atoms with Crippen LogP contribution in [0.5, 0.6) is 0 Å². The van der Waals surface area contributed by atoms with Gasteiger partial charge < -0.3 is 11.1 Å². The van der Waals surface area contributed by atoms with Crippen LogP contribution in [-0.2, 0) is 14.4 Å².